The Labute approximate surface area is 148 Å². The van der Waals surface area contributed by atoms with E-state index in [-0.39, 0.29) is 5.41 Å². The van der Waals surface area contributed by atoms with Crippen LogP contribution in [0.5, 0.6) is 0 Å². The molecule has 0 saturated heterocycles. The third-order valence-corrected chi connectivity index (χ3v) is 8.14. The molecular weight excluding hydrogens is 296 g/mol. The fourth-order valence-corrected chi connectivity index (χ4v) is 7.19. The molecule has 2 nitrogen and oxygen atoms in total. The van der Waals surface area contributed by atoms with Gasteiger partial charge in [-0.1, -0.05) is 26.7 Å². The summed E-state index contributed by atoms with van der Waals surface area (Å²) < 4.78 is 0. The Morgan fingerprint density at radius 3 is 2.62 bits per heavy atom. The van der Waals surface area contributed by atoms with Crippen molar-refractivity contribution in [2.24, 2.45) is 35.0 Å². The van der Waals surface area contributed by atoms with Gasteiger partial charge in [-0.2, -0.15) is 0 Å². The van der Waals surface area contributed by atoms with Gasteiger partial charge < -0.3 is 5.11 Å². The van der Waals surface area contributed by atoms with E-state index < -0.39 is 5.60 Å². The molecule has 3 aliphatic rings. The van der Waals surface area contributed by atoms with Crippen LogP contribution in [0.1, 0.15) is 91.9 Å². The first-order valence-electron chi connectivity index (χ1n) is 10.5. The van der Waals surface area contributed by atoms with E-state index in [4.69, 9.17) is 0 Å². The Morgan fingerprint density at radius 2 is 1.96 bits per heavy atom. The Hall–Kier alpha value is -0.370. The number of hydrogen-bond donors (Lipinski definition) is 1. The van der Waals surface area contributed by atoms with Crippen molar-refractivity contribution in [3.8, 4) is 0 Å². The fourth-order valence-electron chi connectivity index (χ4n) is 7.19. The van der Waals surface area contributed by atoms with Gasteiger partial charge in [-0.05, 0) is 94.3 Å². The highest BCUT2D eigenvalue weighted by Gasteiger charge is 2.55. The average Bonchev–Trinajstić information content (AvgIpc) is 2.84. The molecule has 3 saturated carbocycles. The number of aliphatic hydroxyl groups is 1. The first-order chi connectivity index (χ1) is 11.3. The molecule has 0 aromatic carbocycles. The molecule has 24 heavy (non-hydrogen) atoms. The molecule has 0 bridgehead atoms. The van der Waals surface area contributed by atoms with Crippen molar-refractivity contribution in [3.63, 3.8) is 0 Å². The van der Waals surface area contributed by atoms with Gasteiger partial charge in [0.25, 0.3) is 0 Å². The number of fused-ring (bicyclic) bond motifs is 3. The van der Waals surface area contributed by atoms with Crippen LogP contribution in [0.25, 0.3) is 0 Å². The standard InChI is InChI=1S/C22H38O2/c1-5-11-21(3,24)14-16-6-7-18-17(13-16)10-12-22(4)19(15(2)23)8-9-20(18)22/h16-20,24H,5-14H2,1-4H3/t16-,17-,18-,19-,20+,21+,22-/m1/s1. The number of Topliss-reactive ketones (excluding diaryl/α,β-unsaturated/α-hetero) is 1. The zero-order valence-electron chi connectivity index (χ0n) is 16.3. The van der Waals surface area contributed by atoms with Crippen LogP contribution in [-0.2, 0) is 4.79 Å². The Balaban J connectivity index is 1.65. The van der Waals surface area contributed by atoms with Gasteiger partial charge in [0, 0.05) is 5.92 Å². The van der Waals surface area contributed by atoms with E-state index in [0.717, 1.165) is 43.4 Å². The van der Waals surface area contributed by atoms with Gasteiger partial charge in [0.2, 0.25) is 0 Å². The minimum Gasteiger partial charge on any atom is -0.390 e. The first kappa shape index (κ1) is 18.4. The molecule has 0 unspecified atom stereocenters. The lowest BCUT2D eigenvalue weighted by Crippen LogP contribution is -2.45. The highest BCUT2D eigenvalue weighted by atomic mass is 16.3. The highest BCUT2D eigenvalue weighted by molar-refractivity contribution is 5.79. The molecule has 138 valence electrons. The Bertz CT molecular complexity index is 469. The van der Waals surface area contributed by atoms with Gasteiger partial charge in [0.15, 0.2) is 0 Å². The maximum absolute atomic E-state index is 12.1. The minimum atomic E-state index is -0.470. The van der Waals surface area contributed by atoms with Crippen molar-refractivity contribution in [2.75, 3.05) is 0 Å². The quantitative estimate of drug-likeness (QED) is 0.733. The van der Waals surface area contributed by atoms with Crippen LogP contribution in [-0.4, -0.2) is 16.5 Å². The molecule has 0 spiro atoms. The van der Waals surface area contributed by atoms with Crippen LogP contribution in [0, 0.1) is 35.0 Å². The number of ketones is 1. The van der Waals surface area contributed by atoms with Crippen LogP contribution in [0.15, 0.2) is 0 Å². The minimum absolute atomic E-state index is 0.285. The van der Waals surface area contributed by atoms with Crippen molar-refractivity contribution in [1.82, 2.24) is 0 Å². The van der Waals surface area contributed by atoms with Crippen molar-refractivity contribution in [2.45, 2.75) is 97.5 Å². The lowest BCUT2D eigenvalue weighted by atomic mass is 9.53. The highest BCUT2D eigenvalue weighted by Crippen LogP contribution is 2.62. The van der Waals surface area contributed by atoms with Crippen molar-refractivity contribution >= 4 is 5.78 Å². The van der Waals surface area contributed by atoms with Gasteiger partial charge in [-0.15, -0.1) is 0 Å². The van der Waals surface area contributed by atoms with E-state index >= 15 is 0 Å². The molecule has 0 radical (unpaired) electrons. The van der Waals surface area contributed by atoms with Crippen molar-refractivity contribution in [3.05, 3.63) is 0 Å². The number of hydrogen-bond acceptors (Lipinski definition) is 2. The van der Waals surface area contributed by atoms with Crippen LogP contribution in [0.4, 0.5) is 0 Å². The van der Waals surface area contributed by atoms with Gasteiger partial charge in [-0.3, -0.25) is 4.79 Å². The van der Waals surface area contributed by atoms with Gasteiger partial charge in [0.05, 0.1) is 5.60 Å². The molecular formula is C22H38O2. The zero-order chi connectivity index (χ0) is 17.5. The van der Waals surface area contributed by atoms with Crippen LogP contribution >= 0.6 is 0 Å². The van der Waals surface area contributed by atoms with Gasteiger partial charge >= 0.3 is 0 Å². The maximum Gasteiger partial charge on any atom is 0.133 e. The lowest BCUT2D eigenvalue weighted by molar-refractivity contribution is -0.127. The van der Waals surface area contributed by atoms with Crippen LogP contribution < -0.4 is 0 Å². The Morgan fingerprint density at radius 1 is 1.21 bits per heavy atom. The molecule has 0 aromatic heterocycles. The lowest BCUT2D eigenvalue weighted by Gasteiger charge is -2.52. The first-order valence-corrected chi connectivity index (χ1v) is 10.5. The summed E-state index contributed by atoms with van der Waals surface area (Å²) in [5.74, 6) is 3.95. The van der Waals surface area contributed by atoms with Gasteiger partial charge in [-0.25, -0.2) is 0 Å². The summed E-state index contributed by atoms with van der Waals surface area (Å²) in [6, 6.07) is 0. The van der Waals surface area contributed by atoms with Gasteiger partial charge in [0.1, 0.15) is 5.78 Å². The fraction of sp³-hybridized carbons (Fsp3) is 0.955. The largest absolute Gasteiger partial charge is 0.390 e. The number of carbonyl (C=O) groups is 1. The molecule has 0 heterocycles. The molecule has 3 fully saturated rings. The second-order valence-corrected chi connectivity index (χ2v) is 9.95. The average molecular weight is 335 g/mol. The predicted molar refractivity (Wildman–Crippen MR) is 98.7 cm³/mol. The van der Waals surface area contributed by atoms with E-state index in [1.54, 1.807) is 0 Å². The van der Waals surface area contributed by atoms with Crippen molar-refractivity contribution < 1.29 is 9.90 Å². The monoisotopic (exact) mass is 334 g/mol. The maximum atomic E-state index is 12.1. The topological polar surface area (TPSA) is 37.3 Å². The van der Waals surface area contributed by atoms with Crippen molar-refractivity contribution in [1.29, 1.82) is 0 Å². The SMILES string of the molecule is CCC[C@](C)(O)C[C@@H]1CC[C@@H]2[C@H](CC[C@]3(C)[C@@H](C(C)=O)CC[C@@H]23)C1. The molecule has 0 aliphatic heterocycles. The molecule has 0 amide bonds. The molecule has 3 aliphatic carbocycles. The third kappa shape index (κ3) is 3.32. The summed E-state index contributed by atoms with van der Waals surface area (Å²) in [4.78, 5) is 12.1. The Kier molecular flexibility index (Phi) is 5.17. The summed E-state index contributed by atoms with van der Waals surface area (Å²) in [7, 11) is 0. The third-order valence-electron chi connectivity index (χ3n) is 8.14. The molecule has 3 rings (SSSR count). The summed E-state index contributed by atoms with van der Waals surface area (Å²) >= 11 is 0. The number of rotatable bonds is 5. The van der Waals surface area contributed by atoms with E-state index in [2.05, 4.69) is 13.8 Å². The zero-order valence-corrected chi connectivity index (χ0v) is 16.3. The smallest absolute Gasteiger partial charge is 0.133 e. The van der Waals surface area contributed by atoms with E-state index in [9.17, 15) is 9.90 Å². The summed E-state index contributed by atoms with van der Waals surface area (Å²) in [6.45, 7) is 8.44. The second-order valence-electron chi connectivity index (χ2n) is 9.95. The second kappa shape index (κ2) is 6.74. The predicted octanol–water partition coefficient (Wildman–Crippen LogP) is 5.38. The summed E-state index contributed by atoms with van der Waals surface area (Å²) in [6.07, 6.45) is 11.9. The van der Waals surface area contributed by atoms with E-state index in [1.807, 2.05) is 13.8 Å². The molecule has 1 N–H and O–H groups in total. The van der Waals surface area contributed by atoms with Crippen LogP contribution in [0.2, 0.25) is 0 Å². The normalized spacial score (nSPS) is 44.5. The molecule has 7 atom stereocenters. The summed E-state index contributed by atoms with van der Waals surface area (Å²) in [5, 5.41) is 10.6. The molecule has 0 aromatic rings. The van der Waals surface area contributed by atoms with E-state index in [1.165, 1.54) is 38.5 Å². The molecule has 2 heteroatoms. The van der Waals surface area contributed by atoms with E-state index in [0.29, 0.717) is 17.6 Å². The van der Waals surface area contributed by atoms with Crippen LogP contribution in [0.3, 0.4) is 0 Å². The summed E-state index contributed by atoms with van der Waals surface area (Å²) in [5.41, 5.74) is -0.184. The number of carbonyl (C=O) groups excluding carboxylic acids is 1.